The van der Waals surface area contributed by atoms with Crippen molar-refractivity contribution in [1.82, 2.24) is 0 Å². The third-order valence-corrected chi connectivity index (χ3v) is 3.40. The van der Waals surface area contributed by atoms with Gasteiger partial charge < -0.3 is 14.9 Å². The number of carbonyl (C=O) groups is 1. The van der Waals surface area contributed by atoms with E-state index < -0.39 is 6.09 Å². The Morgan fingerprint density at radius 3 is 2.05 bits per heavy atom. The molecule has 1 aromatic carbocycles. The zero-order valence-electron chi connectivity index (χ0n) is 13.1. The molecule has 1 aromatic rings. The summed E-state index contributed by atoms with van der Waals surface area (Å²) >= 11 is 0. The van der Waals surface area contributed by atoms with Crippen molar-refractivity contribution in [3.8, 4) is 5.75 Å². The Morgan fingerprint density at radius 2 is 1.45 bits per heavy atom. The Balaban J connectivity index is 1.93. The van der Waals surface area contributed by atoms with Gasteiger partial charge in [-0.2, -0.15) is 0 Å². The van der Waals surface area contributed by atoms with E-state index in [0.29, 0.717) is 18.9 Å². The Labute approximate surface area is 132 Å². The molecule has 3 N–H and O–H groups in total. The number of rotatable bonds is 11. The molecule has 0 aromatic heterocycles. The summed E-state index contributed by atoms with van der Waals surface area (Å²) in [6.07, 6.45) is 8.24. The van der Waals surface area contributed by atoms with Gasteiger partial charge in [0.25, 0.3) is 0 Å². The molecule has 0 spiro atoms. The van der Waals surface area contributed by atoms with E-state index in [4.69, 9.17) is 14.9 Å². The number of carbonyl (C=O) groups excluding carboxylic acids is 1. The third-order valence-electron chi connectivity index (χ3n) is 3.40. The number of phenols is 1. The van der Waals surface area contributed by atoms with Crippen LogP contribution >= 0.6 is 0 Å². The molecule has 0 aliphatic rings. The van der Waals surface area contributed by atoms with Crippen molar-refractivity contribution < 1.29 is 19.7 Å². The van der Waals surface area contributed by atoms with E-state index in [1.54, 1.807) is 12.1 Å². The van der Waals surface area contributed by atoms with E-state index >= 15 is 0 Å². The average molecular weight is 309 g/mol. The number of aromatic hydroxyl groups is 1. The van der Waals surface area contributed by atoms with Crippen LogP contribution < -0.4 is 5.32 Å². The molecule has 0 aliphatic heterocycles. The molecule has 1 amide bonds. The first kappa shape index (κ1) is 18.3. The minimum Gasteiger partial charge on any atom is -0.508 e. The maximum absolute atomic E-state index is 11.5. The van der Waals surface area contributed by atoms with Crippen LogP contribution in [0.25, 0.3) is 0 Å². The van der Waals surface area contributed by atoms with Gasteiger partial charge in [-0.25, -0.2) is 4.79 Å². The van der Waals surface area contributed by atoms with Crippen LogP contribution in [0.5, 0.6) is 5.75 Å². The van der Waals surface area contributed by atoms with Crippen molar-refractivity contribution in [2.45, 2.75) is 51.4 Å². The molecule has 1 rings (SSSR count). The van der Waals surface area contributed by atoms with Gasteiger partial charge in [-0.3, -0.25) is 5.32 Å². The first-order valence-corrected chi connectivity index (χ1v) is 8.06. The molecule has 5 heteroatoms. The van der Waals surface area contributed by atoms with Gasteiger partial charge in [0.1, 0.15) is 5.75 Å². The molecular weight excluding hydrogens is 282 g/mol. The summed E-state index contributed by atoms with van der Waals surface area (Å²) in [4.78, 5) is 11.5. The fourth-order valence-corrected chi connectivity index (χ4v) is 2.14. The standard InChI is InChI=1S/C17H27NO4/c19-13-7-5-3-1-2-4-6-8-14-22-17(21)18-15-9-11-16(20)12-10-15/h9-12,19-20H,1-8,13-14H2,(H,18,21). The second kappa shape index (κ2) is 11.9. The molecular formula is C17H27NO4. The summed E-state index contributed by atoms with van der Waals surface area (Å²) in [6.45, 7) is 0.720. The second-order valence-electron chi connectivity index (χ2n) is 5.36. The number of benzene rings is 1. The first-order chi connectivity index (χ1) is 10.7. The molecule has 0 bridgehead atoms. The van der Waals surface area contributed by atoms with Crippen LogP contribution in [-0.2, 0) is 4.74 Å². The van der Waals surface area contributed by atoms with Gasteiger partial charge in [-0.15, -0.1) is 0 Å². The number of unbranched alkanes of at least 4 members (excludes halogenated alkanes) is 7. The highest BCUT2D eigenvalue weighted by molar-refractivity contribution is 5.84. The van der Waals surface area contributed by atoms with Crippen LogP contribution in [0.3, 0.4) is 0 Å². The zero-order valence-corrected chi connectivity index (χ0v) is 13.1. The normalized spacial score (nSPS) is 10.4. The lowest BCUT2D eigenvalue weighted by molar-refractivity contribution is 0.159. The Hall–Kier alpha value is -1.75. The maximum Gasteiger partial charge on any atom is 0.411 e. The number of hydrogen-bond acceptors (Lipinski definition) is 4. The topological polar surface area (TPSA) is 78.8 Å². The number of hydrogen-bond donors (Lipinski definition) is 3. The molecule has 0 saturated heterocycles. The molecule has 0 saturated carbocycles. The summed E-state index contributed by atoms with van der Waals surface area (Å²) in [5, 5.41) is 20.4. The monoisotopic (exact) mass is 309 g/mol. The highest BCUT2D eigenvalue weighted by Crippen LogP contribution is 2.14. The lowest BCUT2D eigenvalue weighted by Gasteiger charge is -2.07. The van der Waals surface area contributed by atoms with E-state index in [-0.39, 0.29) is 5.75 Å². The SMILES string of the molecule is O=C(Nc1ccc(O)cc1)OCCCCCCCCCCO. The quantitative estimate of drug-likeness (QED) is 0.425. The van der Waals surface area contributed by atoms with Gasteiger partial charge in [-0.1, -0.05) is 38.5 Å². The third kappa shape index (κ3) is 9.23. The van der Waals surface area contributed by atoms with E-state index in [2.05, 4.69) is 5.32 Å². The van der Waals surface area contributed by atoms with Crippen LogP contribution in [0.4, 0.5) is 10.5 Å². The van der Waals surface area contributed by atoms with Crippen molar-refractivity contribution in [2.75, 3.05) is 18.5 Å². The van der Waals surface area contributed by atoms with Crippen LogP contribution in [0.15, 0.2) is 24.3 Å². The molecule has 124 valence electrons. The highest BCUT2D eigenvalue weighted by Gasteiger charge is 2.02. The molecule has 22 heavy (non-hydrogen) atoms. The summed E-state index contributed by atoms with van der Waals surface area (Å²) in [5.74, 6) is 0.162. The first-order valence-electron chi connectivity index (χ1n) is 8.06. The predicted molar refractivity (Wildman–Crippen MR) is 87.1 cm³/mol. The summed E-state index contributed by atoms with van der Waals surface area (Å²) in [6, 6.07) is 6.26. The Kier molecular flexibility index (Phi) is 9.87. The molecule has 0 aliphatic carbocycles. The van der Waals surface area contributed by atoms with Crippen molar-refractivity contribution >= 4 is 11.8 Å². The van der Waals surface area contributed by atoms with Gasteiger partial charge in [0, 0.05) is 12.3 Å². The Morgan fingerprint density at radius 1 is 0.909 bits per heavy atom. The van der Waals surface area contributed by atoms with Crippen molar-refractivity contribution in [1.29, 1.82) is 0 Å². The molecule has 0 unspecified atom stereocenters. The number of aliphatic hydroxyl groups is 1. The number of nitrogens with one attached hydrogen (secondary N) is 1. The Bertz CT molecular complexity index is 406. The average Bonchev–Trinajstić information content (AvgIpc) is 2.51. The number of ether oxygens (including phenoxy) is 1. The van der Waals surface area contributed by atoms with Crippen LogP contribution in [0, 0.1) is 0 Å². The van der Waals surface area contributed by atoms with Crippen LogP contribution in [-0.4, -0.2) is 29.5 Å². The molecule has 0 heterocycles. The van der Waals surface area contributed by atoms with Gasteiger partial charge in [0.05, 0.1) is 6.61 Å². The summed E-state index contributed by atoms with van der Waals surface area (Å²) < 4.78 is 5.10. The molecule has 5 nitrogen and oxygen atoms in total. The van der Waals surface area contributed by atoms with E-state index in [1.165, 1.54) is 31.4 Å². The zero-order chi connectivity index (χ0) is 16.0. The smallest absolute Gasteiger partial charge is 0.411 e. The van der Waals surface area contributed by atoms with Gasteiger partial charge in [0.15, 0.2) is 0 Å². The molecule has 0 radical (unpaired) electrons. The highest BCUT2D eigenvalue weighted by atomic mass is 16.5. The van der Waals surface area contributed by atoms with Crippen LogP contribution in [0.2, 0.25) is 0 Å². The fraction of sp³-hybridized carbons (Fsp3) is 0.588. The maximum atomic E-state index is 11.5. The second-order valence-corrected chi connectivity index (χ2v) is 5.36. The number of anilines is 1. The number of phenolic OH excluding ortho intramolecular Hbond substituents is 1. The van der Waals surface area contributed by atoms with Crippen LogP contribution in [0.1, 0.15) is 51.4 Å². The van der Waals surface area contributed by atoms with Crippen molar-refractivity contribution in [3.05, 3.63) is 24.3 Å². The van der Waals surface area contributed by atoms with Gasteiger partial charge in [0.2, 0.25) is 0 Å². The number of amides is 1. The van der Waals surface area contributed by atoms with Gasteiger partial charge in [-0.05, 0) is 37.1 Å². The van der Waals surface area contributed by atoms with Crippen molar-refractivity contribution in [3.63, 3.8) is 0 Å². The minimum atomic E-state index is -0.463. The number of aliphatic hydroxyl groups excluding tert-OH is 1. The predicted octanol–water partition coefficient (Wildman–Crippen LogP) is 4.05. The summed E-state index contributed by atoms with van der Waals surface area (Å²) in [7, 11) is 0. The van der Waals surface area contributed by atoms with E-state index in [0.717, 1.165) is 32.1 Å². The lowest BCUT2D eigenvalue weighted by Crippen LogP contribution is -2.14. The van der Waals surface area contributed by atoms with E-state index in [1.807, 2.05) is 0 Å². The largest absolute Gasteiger partial charge is 0.508 e. The molecule has 0 atom stereocenters. The molecule has 0 fully saturated rings. The lowest BCUT2D eigenvalue weighted by atomic mass is 10.1. The van der Waals surface area contributed by atoms with E-state index in [9.17, 15) is 4.79 Å². The van der Waals surface area contributed by atoms with Gasteiger partial charge >= 0.3 is 6.09 Å². The summed E-state index contributed by atoms with van der Waals surface area (Å²) in [5.41, 5.74) is 0.602. The minimum absolute atomic E-state index is 0.162. The fourth-order valence-electron chi connectivity index (χ4n) is 2.14. The van der Waals surface area contributed by atoms with Crippen molar-refractivity contribution in [2.24, 2.45) is 0 Å².